The van der Waals surface area contributed by atoms with Crippen molar-refractivity contribution in [2.75, 3.05) is 0 Å². The molecule has 2 radical (unpaired) electrons. The van der Waals surface area contributed by atoms with Gasteiger partial charge in [0.2, 0.25) is 0 Å². The fraction of sp³-hybridized carbons (Fsp3) is 0.0588. The van der Waals surface area contributed by atoms with E-state index < -0.39 is 0 Å². The van der Waals surface area contributed by atoms with Crippen LogP contribution in [0.15, 0.2) is 188 Å². The van der Waals surface area contributed by atoms with E-state index >= 15 is 0 Å². The minimum Gasteiger partial charge on any atom is -0.184 e. The largest absolute Gasteiger partial charge is 0.184 e. The van der Waals surface area contributed by atoms with E-state index in [0.29, 0.717) is 0 Å². The van der Waals surface area contributed by atoms with Gasteiger partial charge in [0.05, 0.1) is 0 Å². The predicted molar refractivity (Wildman–Crippen MR) is 242 cm³/mol. The van der Waals surface area contributed by atoms with E-state index in [1.165, 1.54) is 105 Å². The van der Waals surface area contributed by atoms with Gasteiger partial charge in [0.15, 0.2) is 0 Å². The SMILES string of the molecule is Cc1cc2c(-c3cc4ccccc4c4ccccc34)cccc2[cH-]1.Cc1ccc2c(c1)[cH-]c1cc(C)ccc12.Cl.Cl.[Si]=[Zr].[c-]1ccccc1.[c-]1ccccc1. The molecule has 10 aromatic rings. The van der Waals surface area contributed by atoms with Gasteiger partial charge >= 0.3 is 30.2 Å². The number of rotatable bonds is 1. The summed E-state index contributed by atoms with van der Waals surface area (Å²) in [7, 11) is 0. The maximum Gasteiger partial charge on any atom is -0.171 e. The second-order valence-corrected chi connectivity index (χ2v) is 13.0. The number of halogens is 2. The zero-order chi connectivity index (χ0) is 37.0. The normalized spacial score (nSPS) is 9.93. The predicted octanol–water partition coefficient (Wildman–Crippen LogP) is 14.6. The number of aryl methyl sites for hydroxylation is 3. The number of benzene rings is 8. The van der Waals surface area contributed by atoms with E-state index in [1.807, 2.05) is 60.7 Å². The van der Waals surface area contributed by atoms with Crippen molar-refractivity contribution in [3.05, 3.63) is 217 Å². The van der Waals surface area contributed by atoms with Crippen LogP contribution in [0.1, 0.15) is 16.7 Å². The first kappa shape index (κ1) is 43.2. The summed E-state index contributed by atoms with van der Waals surface area (Å²) in [5, 5.41) is 13.4. The molecule has 0 aromatic heterocycles. The zero-order valence-electron chi connectivity index (χ0n) is 31.2. The molecular weight excluding hydrogens is 803 g/mol. The molecule has 0 aliphatic carbocycles. The fourth-order valence-electron chi connectivity index (χ4n) is 6.84. The number of fused-ring (bicyclic) bond motifs is 7. The van der Waals surface area contributed by atoms with Gasteiger partial charge in [0.1, 0.15) is 0 Å². The summed E-state index contributed by atoms with van der Waals surface area (Å²) in [5.41, 5.74) is 6.62. The van der Waals surface area contributed by atoms with E-state index in [1.54, 1.807) is 0 Å². The minimum absolute atomic E-state index is 0. The second kappa shape index (κ2) is 21.5. The molecule has 4 heteroatoms. The van der Waals surface area contributed by atoms with Crippen molar-refractivity contribution in [2.24, 2.45) is 0 Å². The van der Waals surface area contributed by atoms with Gasteiger partial charge in [-0.25, -0.2) is 0 Å². The van der Waals surface area contributed by atoms with Crippen LogP contribution in [0.2, 0.25) is 0 Å². The van der Waals surface area contributed by atoms with Gasteiger partial charge in [-0.1, -0.05) is 102 Å². The average Bonchev–Trinajstić information content (AvgIpc) is 3.79. The number of hydrogen-bond donors (Lipinski definition) is 0. The first-order valence-corrected chi connectivity index (χ1v) is 21.9. The van der Waals surface area contributed by atoms with Gasteiger partial charge in [0, 0.05) is 0 Å². The molecular formula is C51H42Cl2SiZr-4. The van der Waals surface area contributed by atoms with E-state index in [2.05, 4.69) is 167 Å². The Hall–Kier alpha value is -4.56. The standard InChI is InChI=1S/C24H17.C15H13.2C6H5.2ClH.Si.Zr/c1-16-13-17-8-6-12-22(23(17)14-16)24-15-18-7-2-3-9-19(18)20-10-4-5-11-21(20)24;1-10-3-5-14-12(7-10)9-13-8-11(2)4-6-15(13)14;2*1-2-4-6-5-3-1;;;;/h2-15H,1H3;3-9H,1-2H3;2*1-5H;2*1H;;/q4*-1;;;;. The van der Waals surface area contributed by atoms with Crippen molar-refractivity contribution in [1.29, 1.82) is 0 Å². The van der Waals surface area contributed by atoms with Gasteiger partial charge < -0.3 is 0 Å². The molecule has 55 heavy (non-hydrogen) atoms. The summed E-state index contributed by atoms with van der Waals surface area (Å²) in [6, 6.07) is 71.5. The second-order valence-electron chi connectivity index (χ2n) is 13.0. The van der Waals surface area contributed by atoms with Crippen molar-refractivity contribution in [1.82, 2.24) is 0 Å². The molecule has 10 rings (SSSR count). The molecule has 0 amide bonds. The third kappa shape index (κ3) is 10.8. The molecule has 0 heterocycles. The summed E-state index contributed by atoms with van der Waals surface area (Å²) in [6.45, 7) is 9.51. The molecule has 0 fully saturated rings. The molecule has 0 saturated carbocycles. The summed E-state index contributed by atoms with van der Waals surface area (Å²) >= 11 is 1.36. The Balaban J connectivity index is 0.000000185. The quantitative estimate of drug-likeness (QED) is 0.0877. The van der Waals surface area contributed by atoms with Gasteiger partial charge in [-0.2, -0.15) is 78.9 Å². The molecule has 0 saturated heterocycles. The van der Waals surface area contributed by atoms with E-state index in [-0.39, 0.29) is 24.8 Å². The Bertz CT molecular complexity index is 2550. The molecule has 0 aliphatic rings. The Labute approximate surface area is 355 Å². The summed E-state index contributed by atoms with van der Waals surface area (Å²) in [4.78, 5) is 0. The van der Waals surface area contributed by atoms with E-state index in [9.17, 15) is 0 Å². The smallest absolute Gasteiger partial charge is 0.171 e. The van der Waals surface area contributed by atoms with Crippen LogP contribution in [0.4, 0.5) is 0 Å². The van der Waals surface area contributed by atoms with Crippen molar-refractivity contribution < 1.29 is 23.3 Å². The monoisotopic (exact) mass is 842 g/mol. The van der Waals surface area contributed by atoms with Crippen LogP contribution in [0.5, 0.6) is 0 Å². The van der Waals surface area contributed by atoms with Gasteiger partial charge in [-0.3, -0.25) is 0 Å². The van der Waals surface area contributed by atoms with Crippen molar-refractivity contribution in [3.8, 4) is 11.1 Å². The Morgan fingerprint density at radius 1 is 0.400 bits per heavy atom. The van der Waals surface area contributed by atoms with Crippen LogP contribution in [0.3, 0.4) is 0 Å². The molecule has 0 unspecified atom stereocenters. The Morgan fingerprint density at radius 3 is 1.45 bits per heavy atom. The Morgan fingerprint density at radius 2 is 0.927 bits per heavy atom. The van der Waals surface area contributed by atoms with Crippen LogP contribution in [-0.4, -0.2) is 6.88 Å². The van der Waals surface area contributed by atoms with Crippen LogP contribution in [0.25, 0.3) is 65.0 Å². The molecule has 0 bridgehead atoms. The maximum atomic E-state index is 3.06. The fourth-order valence-corrected chi connectivity index (χ4v) is 6.84. The Kier molecular flexibility index (Phi) is 16.9. The molecule has 0 nitrogen and oxygen atoms in total. The van der Waals surface area contributed by atoms with E-state index in [0.717, 1.165) is 0 Å². The summed E-state index contributed by atoms with van der Waals surface area (Å²) in [5.74, 6) is 0. The maximum absolute atomic E-state index is 3.06. The van der Waals surface area contributed by atoms with Crippen molar-refractivity contribution >= 4 is 85.6 Å². The van der Waals surface area contributed by atoms with Crippen LogP contribution in [-0.2, 0) is 23.3 Å². The first-order chi connectivity index (χ1) is 26.0. The van der Waals surface area contributed by atoms with Crippen LogP contribution in [0, 0.1) is 32.9 Å². The van der Waals surface area contributed by atoms with Gasteiger partial charge in [-0.05, 0) is 47.0 Å². The van der Waals surface area contributed by atoms with Gasteiger partial charge in [0.25, 0.3) is 0 Å². The molecule has 0 aliphatic heterocycles. The van der Waals surface area contributed by atoms with Crippen molar-refractivity contribution in [2.45, 2.75) is 20.8 Å². The van der Waals surface area contributed by atoms with Crippen LogP contribution < -0.4 is 0 Å². The molecule has 0 atom stereocenters. The first-order valence-electron chi connectivity index (χ1n) is 17.8. The zero-order valence-corrected chi connectivity index (χ0v) is 36.3. The molecule has 0 spiro atoms. The van der Waals surface area contributed by atoms with Crippen LogP contribution >= 0.6 is 24.8 Å². The topological polar surface area (TPSA) is 0 Å². The number of hydrogen-bond acceptors (Lipinski definition) is 0. The molecule has 272 valence electrons. The minimum atomic E-state index is 0. The summed E-state index contributed by atoms with van der Waals surface area (Å²) < 4.78 is 0. The van der Waals surface area contributed by atoms with Gasteiger partial charge in [-0.15, -0.1) is 99.1 Å². The third-order valence-electron chi connectivity index (χ3n) is 9.18. The molecule has 0 N–H and O–H groups in total. The average molecular weight is 845 g/mol. The van der Waals surface area contributed by atoms with Crippen molar-refractivity contribution in [3.63, 3.8) is 0 Å². The summed E-state index contributed by atoms with van der Waals surface area (Å²) in [6.07, 6.45) is 0. The third-order valence-corrected chi connectivity index (χ3v) is 9.18. The molecule has 10 aromatic carbocycles. The van der Waals surface area contributed by atoms with E-state index in [4.69, 9.17) is 0 Å².